The lowest BCUT2D eigenvalue weighted by atomic mass is 10.0. The first-order chi connectivity index (χ1) is 9.38. The maximum absolute atomic E-state index is 11.9. The molecule has 0 spiro atoms. The number of carboxylic acid groups (broad SMARTS) is 1. The molecule has 4 nitrogen and oxygen atoms in total. The zero-order valence-electron chi connectivity index (χ0n) is 12.3. The molecule has 0 saturated carbocycles. The molecule has 1 rings (SSSR count). The van der Waals surface area contributed by atoms with E-state index >= 15 is 0 Å². The second-order valence-corrected chi connectivity index (χ2v) is 5.62. The van der Waals surface area contributed by atoms with E-state index in [-0.39, 0.29) is 23.9 Å². The van der Waals surface area contributed by atoms with E-state index < -0.39 is 5.97 Å². The molecule has 0 aliphatic heterocycles. The Kier molecular flexibility index (Phi) is 6.22. The fraction of sp³-hybridized carbons (Fsp3) is 0.500. The van der Waals surface area contributed by atoms with Gasteiger partial charge in [-0.3, -0.25) is 4.79 Å². The Labute approximate surface area is 120 Å². The Morgan fingerprint density at radius 1 is 1.20 bits per heavy atom. The zero-order chi connectivity index (χ0) is 15.1. The van der Waals surface area contributed by atoms with E-state index in [0.29, 0.717) is 5.92 Å². The third-order valence-electron chi connectivity index (χ3n) is 3.12. The molecule has 110 valence electrons. The van der Waals surface area contributed by atoms with Crippen LogP contribution < -0.4 is 5.32 Å². The van der Waals surface area contributed by atoms with Crippen LogP contribution in [0, 0.1) is 5.92 Å². The molecule has 0 aliphatic carbocycles. The van der Waals surface area contributed by atoms with Crippen molar-refractivity contribution >= 4 is 11.9 Å². The highest BCUT2D eigenvalue weighted by Gasteiger charge is 2.10. The highest BCUT2D eigenvalue weighted by Crippen LogP contribution is 2.08. The predicted octanol–water partition coefficient (Wildman–Crippen LogP) is 2.87. The van der Waals surface area contributed by atoms with E-state index in [2.05, 4.69) is 19.2 Å². The molecule has 2 N–H and O–H groups in total. The van der Waals surface area contributed by atoms with Crippen molar-refractivity contribution in [3.63, 3.8) is 0 Å². The average Bonchev–Trinajstić information content (AvgIpc) is 2.36. The van der Waals surface area contributed by atoms with Crippen molar-refractivity contribution in [2.24, 2.45) is 5.92 Å². The third-order valence-corrected chi connectivity index (χ3v) is 3.12. The van der Waals surface area contributed by atoms with E-state index in [0.717, 1.165) is 18.4 Å². The van der Waals surface area contributed by atoms with Gasteiger partial charge in [-0.25, -0.2) is 4.79 Å². The molecular weight excluding hydrogens is 254 g/mol. The van der Waals surface area contributed by atoms with E-state index in [1.807, 2.05) is 6.92 Å². The smallest absolute Gasteiger partial charge is 0.335 e. The summed E-state index contributed by atoms with van der Waals surface area (Å²) in [6, 6.07) is 6.64. The number of benzene rings is 1. The maximum atomic E-state index is 11.9. The molecule has 0 aliphatic rings. The Bertz CT molecular complexity index is 469. The number of aromatic carboxylic acids is 1. The van der Waals surface area contributed by atoms with Gasteiger partial charge in [0.05, 0.1) is 12.0 Å². The number of amides is 1. The van der Waals surface area contributed by atoms with Crippen LogP contribution in [-0.2, 0) is 11.2 Å². The van der Waals surface area contributed by atoms with Crippen molar-refractivity contribution in [3.8, 4) is 0 Å². The van der Waals surface area contributed by atoms with Gasteiger partial charge in [0.2, 0.25) is 5.91 Å². The van der Waals surface area contributed by atoms with Crippen molar-refractivity contribution in [2.75, 3.05) is 0 Å². The maximum Gasteiger partial charge on any atom is 0.335 e. The number of rotatable bonds is 7. The summed E-state index contributed by atoms with van der Waals surface area (Å²) in [5.74, 6) is -0.414. The fourth-order valence-electron chi connectivity index (χ4n) is 1.98. The standard InChI is InChI=1S/C16H23NO3/c1-11(2)7-8-12(3)17-15(18)10-13-5-4-6-14(9-13)16(19)20/h4-6,9,11-12H,7-8,10H2,1-3H3,(H,17,18)(H,19,20). The van der Waals surface area contributed by atoms with Crippen molar-refractivity contribution < 1.29 is 14.7 Å². The van der Waals surface area contributed by atoms with Gasteiger partial charge in [-0.05, 0) is 43.4 Å². The van der Waals surface area contributed by atoms with Gasteiger partial charge in [0.1, 0.15) is 0 Å². The summed E-state index contributed by atoms with van der Waals surface area (Å²) in [6.07, 6.45) is 2.25. The van der Waals surface area contributed by atoms with Gasteiger partial charge in [-0.15, -0.1) is 0 Å². The Morgan fingerprint density at radius 3 is 2.50 bits per heavy atom. The quantitative estimate of drug-likeness (QED) is 0.805. The van der Waals surface area contributed by atoms with Crippen LogP contribution in [0.5, 0.6) is 0 Å². The Balaban J connectivity index is 2.49. The molecule has 1 aromatic rings. The van der Waals surface area contributed by atoms with Crippen molar-refractivity contribution in [1.82, 2.24) is 5.32 Å². The van der Waals surface area contributed by atoms with Crippen molar-refractivity contribution in [1.29, 1.82) is 0 Å². The second-order valence-electron chi connectivity index (χ2n) is 5.62. The predicted molar refractivity (Wildman–Crippen MR) is 78.8 cm³/mol. The SMILES string of the molecule is CC(C)CCC(C)NC(=O)Cc1cccc(C(=O)O)c1. The van der Waals surface area contributed by atoms with Gasteiger partial charge in [0.15, 0.2) is 0 Å². The number of carbonyl (C=O) groups is 2. The minimum atomic E-state index is -0.974. The molecule has 0 aromatic heterocycles. The molecule has 0 saturated heterocycles. The normalized spacial score (nSPS) is 12.2. The lowest BCUT2D eigenvalue weighted by molar-refractivity contribution is -0.121. The molecule has 1 unspecified atom stereocenters. The average molecular weight is 277 g/mol. The minimum Gasteiger partial charge on any atom is -0.478 e. The van der Waals surface area contributed by atoms with E-state index in [1.165, 1.54) is 6.07 Å². The van der Waals surface area contributed by atoms with Crippen LogP contribution in [-0.4, -0.2) is 23.0 Å². The first kappa shape index (κ1) is 16.2. The second kappa shape index (κ2) is 7.68. The van der Waals surface area contributed by atoms with Crippen molar-refractivity contribution in [3.05, 3.63) is 35.4 Å². The largest absolute Gasteiger partial charge is 0.478 e. The highest BCUT2D eigenvalue weighted by molar-refractivity contribution is 5.88. The summed E-state index contributed by atoms with van der Waals surface area (Å²) in [4.78, 5) is 22.8. The van der Waals surface area contributed by atoms with Crippen LogP contribution in [0.25, 0.3) is 0 Å². The molecule has 1 aromatic carbocycles. The number of carboxylic acids is 1. The zero-order valence-corrected chi connectivity index (χ0v) is 12.3. The fourth-order valence-corrected chi connectivity index (χ4v) is 1.98. The molecular formula is C16H23NO3. The summed E-state index contributed by atoms with van der Waals surface area (Å²) in [5.41, 5.74) is 0.932. The van der Waals surface area contributed by atoms with Crippen LogP contribution in [0.3, 0.4) is 0 Å². The summed E-state index contributed by atoms with van der Waals surface area (Å²) in [6.45, 7) is 6.31. The topological polar surface area (TPSA) is 66.4 Å². The molecule has 0 fully saturated rings. The first-order valence-corrected chi connectivity index (χ1v) is 7.00. The molecule has 4 heteroatoms. The van der Waals surface area contributed by atoms with E-state index in [1.54, 1.807) is 18.2 Å². The van der Waals surface area contributed by atoms with Gasteiger partial charge in [-0.1, -0.05) is 26.0 Å². The number of hydrogen-bond acceptors (Lipinski definition) is 2. The van der Waals surface area contributed by atoms with Gasteiger partial charge in [-0.2, -0.15) is 0 Å². The van der Waals surface area contributed by atoms with Crippen LogP contribution in [0.1, 0.15) is 49.5 Å². The third kappa shape index (κ3) is 5.87. The lowest BCUT2D eigenvalue weighted by Gasteiger charge is -2.15. The number of carbonyl (C=O) groups excluding carboxylic acids is 1. The van der Waals surface area contributed by atoms with E-state index in [9.17, 15) is 9.59 Å². The summed E-state index contributed by atoms with van der Waals surface area (Å²) < 4.78 is 0. The minimum absolute atomic E-state index is 0.0659. The monoisotopic (exact) mass is 277 g/mol. The molecule has 0 radical (unpaired) electrons. The lowest BCUT2D eigenvalue weighted by Crippen LogP contribution is -2.33. The molecule has 20 heavy (non-hydrogen) atoms. The van der Waals surface area contributed by atoms with Crippen LogP contribution in [0.15, 0.2) is 24.3 Å². The van der Waals surface area contributed by atoms with Crippen LogP contribution >= 0.6 is 0 Å². The van der Waals surface area contributed by atoms with Gasteiger partial charge >= 0.3 is 5.97 Å². The summed E-state index contributed by atoms with van der Waals surface area (Å²) in [5, 5.41) is 11.9. The Hall–Kier alpha value is -1.84. The van der Waals surface area contributed by atoms with Crippen molar-refractivity contribution in [2.45, 2.75) is 46.1 Å². The molecule has 1 amide bonds. The van der Waals surface area contributed by atoms with Gasteiger partial charge in [0, 0.05) is 6.04 Å². The number of nitrogens with one attached hydrogen (secondary N) is 1. The van der Waals surface area contributed by atoms with E-state index in [4.69, 9.17) is 5.11 Å². The molecule has 0 heterocycles. The first-order valence-electron chi connectivity index (χ1n) is 7.00. The molecule has 0 bridgehead atoms. The molecule has 1 atom stereocenters. The highest BCUT2D eigenvalue weighted by atomic mass is 16.4. The number of hydrogen-bond donors (Lipinski definition) is 2. The van der Waals surface area contributed by atoms with Gasteiger partial charge in [0.25, 0.3) is 0 Å². The summed E-state index contributed by atoms with van der Waals surface area (Å²) >= 11 is 0. The van der Waals surface area contributed by atoms with Crippen LogP contribution in [0.4, 0.5) is 0 Å². The summed E-state index contributed by atoms with van der Waals surface area (Å²) in [7, 11) is 0. The van der Waals surface area contributed by atoms with Crippen LogP contribution in [0.2, 0.25) is 0 Å². The van der Waals surface area contributed by atoms with Gasteiger partial charge < -0.3 is 10.4 Å². The Morgan fingerprint density at radius 2 is 1.90 bits per heavy atom.